The van der Waals surface area contributed by atoms with Crippen LogP contribution in [0.15, 0.2) is 18.2 Å². The summed E-state index contributed by atoms with van der Waals surface area (Å²) in [5.41, 5.74) is 7.38. The zero-order valence-corrected chi connectivity index (χ0v) is 11.5. The summed E-state index contributed by atoms with van der Waals surface area (Å²) in [5.74, 6) is 0.965. The Bertz CT molecular complexity index is 416. The molecule has 0 spiro atoms. The summed E-state index contributed by atoms with van der Waals surface area (Å²) >= 11 is 0. The molecule has 0 radical (unpaired) electrons. The third-order valence-electron chi connectivity index (χ3n) is 3.00. The number of carbonyl (C=O) groups is 1. The minimum atomic E-state index is -0.106. The lowest BCUT2D eigenvalue weighted by molar-refractivity contribution is -0.124. The van der Waals surface area contributed by atoms with Gasteiger partial charge in [-0.2, -0.15) is 0 Å². The molecule has 1 aromatic carbocycles. The standard InChI is InChI=1S/C14H22N2O2/c1-9(2)11(4)16-14(17)8-18-12-5-6-13(15)10(3)7-12/h5-7,9,11H,8,15H2,1-4H3,(H,16,17). The van der Waals surface area contributed by atoms with Gasteiger partial charge in [0.1, 0.15) is 5.75 Å². The topological polar surface area (TPSA) is 64.3 Å². The smallest absolute Gasteiger partial charge is 0.258 e. The van der Waals surface area contributed by atoms with E-state index in [-0.39, 0.29) is 18.6 Å². The minimum Gasteiger partial charge on any atom is -0.484 e. The third-order valence-corrected chi connectivity index (χ3v) is 3.00. The minimum absolute atomic E-state index is 0.0282. The van der Waals surface area contributed by atoms with Crippen LogP contribution in [0.3, 0.4) is 0 Å². The number of nitrogens with one attached hydrogen (secondary N) is 1. The Morgan fingerprint density at radius 3 is 2.61 bits per heavy atom. The molecule has 1 atom stereocenters. The summed E-state index contributed by atoms with van der Waals surface area (Å²) in [7, 11) is 0. The van der Waals surface area contributed by atoms with Crippen molar-refractivity contribution in [3.05, 3.63) is 23.8 Å². The van der Waals surface area contributed by atoms with Crippen LogP contribution in [-0.2, 0) is 4.79 Å². The molecule has 0 saturated heterocycles. The molecule has 4 nitrogen and oxygen atoms in total. The van der Waals surface area contributed by atoms with Crippen molar-refractivity contribution in [1.82, 2.24) is 5.32 Å². The van der Waals surface area contributed by atoms with E-state index in [1.807, 2.05) is 19.9 Å². The first kappa shape index (κ1) is 14.4. The first-order chi connectivity index (χ1) is 8.40. The maximum atomic E-state index is 11.6. The SMILES string of the molecule is Cc1cc(OCC(=O)NC(C)C(C)C)ccc1N. The number of rotatable bonds is 5. The number of nitrogen functional groups attached to an aromatic ring is 1. The van der Waals surface area contributed by atoms with Gasteiger partial charge in [0, 0.05) is 11.7 Å². The normalized spacial score (nSPS) is 12.3. The van der Waals surface area contributed by atoms with Crippen LogP contribution in [0.1, 0.15) is 26.3 Å². The maximum Gasteiger partial charge on any atom is 0.258 e. The van der Waals surface area contributed by atoms with Gasteiger partial charge in [0.25, 0.3) is 5.91 Å². The van der Waals surface area contributed by atoms with Crippen LogP contribution >= 0.6 is 0 Å². The van der Waals surface area contributed by atoms with E-state index in [4.69, 9.17) is 10.5 Å². The van der Waals surface area contributed by atoms with Gasteiger partial charge in [-0.3, -0.25) is 4.79 Å². The third kappa shape index (κ3) is 4.28. The lowest BCUT2D eigenvalue weighted by Crippen LogP contribution is -2.38. The molecule has 3 N–H and O–H groups in total. The average Bonchev–Trinajstić information content (AvgIpc) is 2.30. The summed E-state index contributed by atoms with van der Waals surface area (Å²) in [6.07, 6.45) is 0. The van der Waals surface area contributed by atoms with Gasteiger partial charge in [-0.05, 0) is 43.5 Å². The largest absolute Gasteiger partial charge is 0.484 e. The van der Waals surface area contributed by atoms with Crippen LogP contribution in [0.25, 0.3) is 0 Å². The van der Waals surface area contributed by atoms with Crippen LogP contribution in [0.4, 0.5) is 5.69 Å². The molecule has 0 heterocycles. The molecular formula is C14H22N2O2. The van der Waals surface area contributed by atoms with E-state index in [0.717, 1.165) is 11.3 Å². The highest BCUT2D eigenvalue weighted by molar-refractivity contribution is 5.77. The summed E-state index contributed by atoms with van der Waals surface area (Å²) in [6, 6.07) is 5.52. The van der Waals surface area contributed by atoms with Crippen LogP contribution in [-0.4, -0.2) is 18.6 Å². The summed E-state index contributed by atoms with van der Waals surface area (Å²) < 4.78 is 5.42. The number of aryl methyl sites for hydroxylation is 1. The van der Waals surface area contributed by atoms with Gasteiger partial charge in [0.2, 0.25) is 0 Å². The Morgan fingerprint density at radius 1 is 1.39 bits per heavy atom. The molecular weight excluding hydrogens is 228 g/mol. The van der Waals surface area contributed by atoms with Crippen molar-refractivity contribution in [2.24, 2.45) is 5.92 Å². The van der Waals surface area contributed by atoms with Gasteiger partial charge in [0.05, 0.1) is 0 Å². The predicted molar refractivity (Wildman–Crippen MR) is 73.5 cm³/mol. The number of nitrogens with two attached hydrogens (primary N) is 1. The second kappa shape index (κ2) is 6.28. The second-order valence-corrected chi connectivity index (χ2v) is 4.91. The number of benzene rings is 1. The van der Waals surface area contributed by atoms with Crippen LogP contribution in [0.2, 0.25) is 0 Å². The molecule has 4 heteroatoms. The number of hydrogen-bond donors (Lipinski definition) is 2. The molecule has 1 rings (SSSR count). The van der Waals surface area contributed by atoms with Crippen molar-refractivity contribution in [1.29, 1.82) is 0 Å². The van der Waals surface area contributed by atoms with Gasteiger partial charge in [-0.1, -0.05) is 13.8 Å². The molecule has 0 saturated carbocycles. The first-order valence-electron chi connectivity index (χ1n) is 6.18. The molecule has 0 aliphatic heterocycles. The van der Waals surface area contributed by atoms with E-state index in [1.54, 1.807) is 12.1 Å². The number of carbonyl (C=O) groups excluding carboxylic acids is 1. The number of anilines is 1. The summed E-state index contributed by atoms with van der Waals surface area (Å²) in [6.45, 7) is 8.05. The molecule has 0 aromatic heterocycles. The fourth-order valence-corrected chi connectivity index (χ4v) is 1.35. The van der Waals surface area contributed by atoms with Crippen molar-refractivity contribution in [3.8, 4) is 5.75 Å². The van der Waals surface area contributed by atoms with Crippen molar-refractivity contribution in [3.63, 3.8) is 0 Å². The second-order valence-electron chi connectivity index (χ2n) is 4.91. The fourth-order valence-electron chi connectivity index (χ4n) is 1.35. The Labute approximate surface area is 109 Å². The number of amides is 1. The van der Waals surface area contributed by atoms with Gasteiger partial charge in [-0.15, -0.1) is 0 Å². The fraction of sp³-hybridized carbons (Fsp3) is 0.500. The van der Waals surface area contributed by atoms with Gasteiger partial charge >= 0.3 is 0 Å². The highest BCUT2D eigenvalue weighted by atomic mass is 16.5. The van der Waals surface area contributed by atoms with E-state index < -0.39 is 0 Å². The van der Waals surface area contributed by atoms with Crippen LogP contribution in [0.5, 0.6) is 5.75 Å². The van der Waals surface area contributed by atoms with Crippen molar-refractivity contribution >= 4 is 11.6 Å². The Morgan fingerprint density at radius 2 is 2.06 bits per heavy atom. The maximum absolute atomic E-state index is 11.6. The van der Waals surface area contributed by atoms with Crippen LogP contribution in [0, 0.1) is 12.8 Å². The van der Waals surface area contributed by atoms with Gasteiger partial charge in [-0.25, -0.2) is 0 Å². The Kier molecular flexibility index (Phi) is 5.01. The zero-order valence-electron chi connectivity index (χ0n) is 11.5. The molecule has 1 amide bonds. The Hall–Kier alpha value is -1.71. The molecule has 0 bridgehead atoms. The number of ether oxygens (including phenoxy) is 1. The molecule has 1 unspecified atom stereocenters. The first-order valence-corrected chi connectivity index (χ1v) is 6.18. The lowest BCUT2D eigenvalue weighted by Gasteiger charge is -2.17. The molecule has 1 aromatic rings. The van der Waals surface area contributed by atoms with Gasteiger partial charge in [0.15, 0.2) is 6.61 Å². The predicted octanol–water partition coefficient (Wildman–Crippen LogP) is 2.12. The molecule has 0 fully saturated rings. The summed E-state index contributed by atoms with van der Waals surface area (Å²) in [4.78, 5) is 11.6. The lowest BCUT2D eigenvalue weighted by atomic mass is 10.1. The Balaban J connectivity index is 2.45. The van der Waals surface area contributed by atoms with Crippen molar-refractivity contribution in [2.45, 2.75) is 33.7 Å². The molecule has 100 valence electrons. The summed E-state index contributed by atoms with van der Waals surface area (Å²) in [5, 5.41) is 2.89. The highest BCUT2D eigenvalue weighted by Gasteiger charge is 2.11. The molecule has 18 heavy (non-hydrogen) atoms. The van der Waals surface area contributed by atoms with Crippen molar-refractivity contribution in [2.75, 3.05) is 12.3 Å². The average molecular weight is 250 g/mol. The monoisotopic (exact) mass is 250 g/mol. The van der Waals surface area contributed by atoms with E-state index >= 15 is 0 Å². The zero-order chi connectivity index (χ0) is 13.7. The van der Waals surface area contributed by atoms with E-state index in [1.165, 1.54) is 0 Å². The molecule has 0 aliphatic carbocycles. The van der Waals surface area contributed by atoms with Crippen molar-refractivity contribution < 1.29 is 9.53 Å². The van der Waals surface area contributed by atoms with E-state index in [2.05, 4.69) is 19.2 Å². The van der Waals surface area contributed by atoms with E-state index in [9.17, 15) is 4.79 Å². The number of hydrogen-bond acceptors (Lipinski definition) is 3. The van der Waals surface area contributed by atoms with E-state index in [0.29, 0.717) is 11.7 Å². The van der Waals surface area contributed by atoms with Gasteiger partial charge < -0.3 is 15.8 Å². The quantitative estimate of drug-likeness (QED) is 0.787. The highest BCUT2D eigenvalue weighted by Crippen LogP contribution is 2.18. The molecule has 0 aliphatic rings. The van der Waals surface area contributed by atoms with Crippen LogP contribution < -0.4 is 15.8 Å².